The molecule has 2 saturated carbocycles. The van der Waals surface area contributed by atoms with Crippen LogP contribution in [-0.2, 0) is 0 Å². The summed E-state index contributed by atoms with van der Waals surface area (Å²) in [4.78, 5) is 17.0. The van der Waals surface area contributed by atoms with Gasteiger partial charge in [-0.1, -0.05) is 0 Å². The molecule has 136 valence electrons. The average Bonchev–Trinajstić information content (AvgIpc) is 3.43. The fourth-order valence-corrected chi connectivity index (χ4v) is 4.20. The topological polar surface area (TPSA) is 43.8 Å². The van der Waals surface area contributed by atoms with Gasteiger partial charge in [0.1, 0.15) is 5.82 Å². The normalized spacial score (nSPS) is 23.8. The summed E-state index contributed by atoms with van der Waals surface area (Å²) in [5, 5.41) is 10.5. The van der Waals surface area contributed by atoms with Gasteiger partial charge in [0, 0.05) is 38.3 Å². The van der Waals surface area contributed by atoms with E-state index in [9.17, 15) is 14.3 Å². The number of likely N-dealkylation sites (N-methyl/N-ethyl adjacent to an activating group) is 1. The van der Waals surface area contributed by atoms with E-state index >= 15 is 0 Å². The van der Waals surface area contributed by atoms with Crippen molar-refractivity contribution in [1.82, 2.24) is 9.80 Å². The van der Waals surface area contributed by atoms with E-state index in [1.807, 2.05) is 11.9 Å². The highest BCUT2D eigenvalue weighted by molar-refractivity contribution is 5.94. The Morgan fingerprint density at radius 2 is 2.04 bits per heavy atom. The Kier molecular flexibility index (Phi) is 4.12. The molecule has 1 atom stereocenters. The van der Waals surface area contributed by atoms with E-state index in [0.717, 1.165) is 45.3 Å². The second-order valence-corrected chi connectivity index (χ2v) is 8.33. The zero-order valence-electron chi connectivity index (χ0n) is 15.0. The minimum absolute atomic E-state index is 0.0435. The van der Waals surface area contributed by atoms with Crippen molar-refractivity contribution in [3.05, 3.63) is 35.1 Å². The number of amides is 1. The number of carbonyl (C=O) groups is 1. The van der Waals surface area contributed by atoms with Crippen LogP contribution in [0.1, 0.15) is 41.6 Å². The summed E-state index contributed by atoms with van der Waals surface area (Å²) in [6, 6.07) is 4.74. The summed E-state index contributed by atoms with van der Waals surface area (Å²) in [6.45, 7) is 3.97. The Hall–Kier alpha value is -1.46. The molecule has 1 N–H and O–H groups in total. The van der Waals surface area contributed by atoms with Crippen molar-refractivity contribution < 1.29 is 14.3 Å². The van der Waals surface area contributed by atoms with Crippen LogP contribution in [-0.4, -0.2) is 59.1 Å². The van der Waals surface area contributed by atoms with Crippen molar-refractivity contribution in [3.8, 4) is 0 Å². The highest BCUT2D eigenvalue weighted by atomic mass is 19.1. The quantitative estimate of drug-likeness (QED) is 0.860. The summed E-state index contributed by atoms with van der Waals surface area (Å²) in [5.74, 6) is 0.714. The maximum absolute atomic E-state index is 13.5. The predicted molar refractivity (Wildman–Crippen MR) is 93.9 cm³/mol. The van der Waals surface area contributed by atoms with Crippen LogP contribution in [0.4, 0.5) is 4.39 Å². The molecule has 4 nitrogen and oxygen atoms in total. The van der Waals surface area contributed by atoms with E-state index in [1.165, 1.54) is 6.07 Å². The number of likely N-dealkylation sites (tertiary alicyclic amines) is 1. The molecule has 1 aliphatic heterocycles. The van der Waals surface area contributed by atoms with Crippen LogP contribution in [0.25, 0.3) is 0 Å². The minimum atomic E-state index is -0.481. The fourth-order valence-electron chi connectivity index (χ4n) is 4.20. The first-order chi connectivity index (χ1) is 11.9. The maximum Gasteiger partial charge on any atom is 0.253 e. The van der Waals surface area contributed by atoms with E-state index in [-0.39, 0.29) is 17.8 Å². The second-order valence-electron chi connectivity index (χ2n) is 8.33. The molecule has 2 aliphatic carbocycles. The molecule has 3 fully saturated rings. The number of hydrogen-bond donors (Lipinski definition) is 1. The molecule has 1 saturated heterocycles. The van der Waals surface area contributed by atoms with Crippen LogP contribution in [0.2, 0.25) is 0 Å². The number of hydrogen-bond acceptors (Lipinski definition) is 3. The van der Waals surface area contributed by atoms with Gasteiger partial charge < -0.3 is 10.0 Å². The molecule has 3 aliphatic rings. The summed E-state index contributed by atoms with van der Waals surface area (Å²) >= 11 is 0. The van der Waals surface area contributed by atoms with E-state index < -0.39 is 5.60 Å². The first-order valence-electron chi connectivity index (χ1n) is 9.35. The SMILES string of the molecule is Cc1cc(C(=O)N(C)C(CN2CC(O)(C3CC3)C2)C2CC2)ccc1F. The molecule has 1 unspecified atom stereocenters. The number of carbonyl (C=O) groups excluding carboxylic acids is 1. The zero-order valence-corrected chi connectivity index (χ0v) is 15.0. The van der Waals surface area contributed by atoms with Gasteiger partial charge in [-0.25, -0.2) is 4.39 Å². The first-order valence-corrected chi connectivity index (χ1v) is 9.35. The molecule has 0 radical (unpaired) electrons. The number of nitrogens with zero attached hydrogens (tertiary/aromatic N) is 2. The van der Waals surface area contributed by atoms with Gasteiger partial charge in [-0.3, -0.25) is 9.69 Å². The van der Waals surface area contributed by atoms with E-state index in [1.54, 1.807) is 19.1 Å². The molecule has 0 spiro atoms. The van der Waals surface area contributed by atoms with Crippen molar-refractivity contribution in [2.45, 2.75) is 44.2 Å². The molecule has 1 aromatic carbocycles. The smallest absolute Gasteiger partial charge is 0.253 e. The van der Waals surface area contributed by atoms with E-state index in [0.29, 0.717) is 23.0 Å². The Balaban J connectivity index is 1.41. The number of benzene rings is 1. The Morgan fingerprint density at radius 1 is 1.36 bits per heavy atom. The molecule has 1 heterocycles. The summed E-state index contributed by atoms with van der Waals surface area (Å²) in [5.41, 5.74) is 0.565. The summed E-state index contributed by atoms with van der Waals surface area (Å²) in [7, 11) is 1.86. The van der Waals surface area contributed by atoms with E-state index in [4.69, 9.17) is 0 Å². The predicted octanol–water partition coefficient (Wildman–Crippen LogP) is 2.44. The number of β-amino-alcohol motifs (C(OH)–C–C–N with tert-alkyl or cyclic N) is 1. The Labute approximate surface area is 148 Å². The van der Waals surface area contributed by atoms with Crippen molar-refractivity contribution in [2.24, 2.45) is 11.8 Å². The maximum atomic E-state index is 13.5. The Bertz CT molecular complexity index is 678. The zero-order chi connectivity index (χ0) is 17.8. The third-order valence-electron chi connectivity index (χ3n) is 6.17. The van der Waals surface area contributed by atoms with Gasteiger partial charge in [0.25, 0.3) is 5.91 Å². The number of aliphatic hydroxyl groups is 1. The van der Waals surface area contributed by atoms with Gasteiger partial charge in [0.2, 0.25) is 0 Å². The average molecular weight is 346 g/mol. The molecule has 4 rings (SSSR count). The Morgan fingerprint density at radius 3 is 2.60 bits per heavy atom. The largest absolute Gasteiger partial charge is 0.387 e. The molecule has 0 aromatic heterocycles. The number of halogens is 1. The third kappa shape index (κ3) is 3.32. The lowest BCUT2D eigenvalue weighted by Crippen LogP contribution is -2.65. The van der Waals surface area contributed by atoms with Crippen molar-refractivity contribution in [1.29, 1.82) is 0 Å². The number of aryl methyl sites for hydroxylation is 1. The lowest BCUT2D eigenvalue weighted by atomic mass is 9.88. The van der Waals surface area contributed by atoms with Gasteiger partial charge in [0.05, 0.1) is 5.60 Å². The van der Waals surface area contributed by atoms with Gasteiger partial charge in [-0.15, -0.1) is 0 Å². The number of rotatable bonds is 6. The molecule has 25 heavy (non-hydrogen) atoms. The third-order valence-corrected chi connectivity index (χ3v) is 6.17. The summed E-state index contributed by atoms with van der Waals surface area (Å²) in [6.07, 6.45) is 4.62. The molecule has 0 bridgehead atoms. The van der Waals surface area contributed by atoms with Gasteiger partial charge in [0.15, 0.2) is 0 Å². The van der Waals surface area contributed by atoms with E-state index in [2.05, 4.69) is 4.90 Å². The lowest BCUT2D eigenvalue weighted by molar-refractivity contribution is -0.118. The van der Waals surface area contributed by atoms with Gasteiger partial charge in [-0.2, -0.15) is 0 Å². The lowest BCUT2D eigenvalue weighted by Gasteiger charge is -2.49. The van der Waals surface area contributed by atoms with Crippen LogP contribution in [0.15, 0.2) is 18.2 Å². The highest BCUT2D eigenvalue weighted by Gasteiger charge is 2.52. The van der Waals surface area contributed by atoms with Crippen LogP contribution in [0.5, 0.6) is 0 Å². The monoisotopic (exact) mass is 346 g/mol. The first kappa shape index (κ1) is 17.0. The highest BCUT2D eigenvalue weighted by Crippen LogP contribution is 2.45. The molecule has 1 amide bonds. The fraction of sp³-hybridized carbons (Fsp3) is 0.650. The molecular weight excluding hydrogens is 319 g/mol. The van der Waals surface area contributed by atoms with Crippen molar-refractivity contribution in [3.63, 3.8) is 0 Å². The molecular formula is C20H27FN2O2. The summed E-state index contributed by atoms with van der Waals surface area (Å²) < 4.78 is 13.5. The van der Waals surface area contributed by atoms with Crippen LogP contribution < -0.4 is 0 Å². The van der Waals surface area contributed by atoms with Crippen molar-refractivity contribution >= 4 is 5.91 Å². The molecule has 1 aromatic rings. The van der Waals surface area contributed by atoms with Gasteiger partial charge >= 0.3 is 0 Å². The minimum Gasteiger partial charge on any atom is -0.387 e. The standard InChI is InChI=1S/C20H27FN2O2/c1-13-9-15(5-8-17(13)21)19(24)22(2)18(14-3-4-14)10-23-11-20(25,12-23)16-6-7-16/h5,8-9,14,16,18,25H,3-4,6-7,10-12H2,1-2H3. The van der Waals surface area contributed by atoms with Crippen LogP contribution in [0, 0.1) is 24.6 Å². The van der Waals surface area contributed by atoms with Crippen LogP contribution >= 0.6 is 0 Å². The van der Waals surface area contributed by atoms with Gasteiger partial charge in [-0.05, 0) is 68.2 Å². The second kappa shape index (κ2) is 6.06. The molecule has 5 heteroatoms. The van der Waals surface area contributed by atoms with Crippen LogP contribution in [0.3, 0.4) is 0 Å². The van der Waals surface area contributed by atoms with Crippen molar-refractivity contribution in [2.75, 3.05) is 26.7 Å².